The standard InChI is InChI=1S/C8H3ClF5N3O3/c9-3-1-4(17(19)20)5(15-2-3)16-6(18)7(10,11)8(12,13)14/h1-2H,(H,15,16,18). The summed E-state index contributed by atoms with van der Waals surface area (Å²) in [5, 5.41) is 11.3. The van der Waals surface area contributed by atoms with Crippen LogP contribution in [0.4, 0.5) is 33.5 Å². The molecule has 1 aromatic rings. The topological polar surface area (TPSA) is 85.1 Å². The fourth-order valence-corrected chi connectivity index (χ4v) is 1.13. The Kier molecular flexibility index (Phi) is 4.12. The Morgan fingerprint density at radius 1 is 1.35 bits per heavy atom. The molecule has 1 heterocycles. The van der Waals surface area contributed by atoms with Crippen molar-refractivity contribution in [2.75, 3.05) is 5.32 Å². The highest BCUT2D eigenvalue weighted by atomic mass is 35.5. The largest absolute Gasteiger partial charge is 0.463 e. The number of halogens is 6. The molecular formula is C8H3ClF5N3O3. The summed E-state index contributed by atoms with van der Waals surface area (Å²) < 4.78 is 61.1. The summed E-state index contributed by atoms with van der Waals surface area (Å²) in [6, 6.07) is 0.635. The van der Waals surface area contributed by atoms with Gasteiger partial charge < -0.3 is 0 Å². The number of carbonyl (C=O) groups is 1. The predicted molar refractivity (Wildman–Crippen MR) is 55.5 cm³/mol. The molecule has 1 N–H and O–H groups in total. The third-order valence-electron chi connectivity index (χ3n) is 1.90. The Labute approximate surface area is 111 Å². The Bertz CT molecular complexity index is 563. The average molecular weight is 320 g/mol. The molecule has 0 aromatic carbocycles. The van der Waals surface area contributed by atoms with Gasteiger partial charge in [-0.1, -0.05) is 11.6 Å². The van der Waals surface area contributed by atoms with Gasteiger partial charge in [0.25, 0.3) is 0 Å². The zero-order chi connectivity index (χ0) is 15.7. The van der Waals surface area contributed by atoms with Gasteiger partial charge in [0.2, 0.25) is 5.82 Å². The number of nitrogens with zero attached hydrogens (tertiary/aromatic N) is 2. The normalized spacial score (nSPS) is 12.1. The van der Waals surface area contributed by atoms with Crippen molar-refractivity contribution in [2.45, 2.75) is 12.1 Å². The molecule has 0 saturated carbocycles. The van der Waals surface area contributed by atoms with Gasteiger partial charge in [-0.05, 0) is 0 Å². The summed E-state index contributed by atoms with van der Waals surface area (Å²) in [5.74, 6) is -9.58. The number of aromatic nitrogens is 1. The van der Waals surface area contributed by atoms with Crippen LogP contribution in [0.25, 0.3) is 0 Å². The first-order valence-electron chi connectivity index (χ1n) is 4.52. The van der Waals surface area contributed by atoms with Gasteiger partial charge in [-0.15, -0.1) is 0 Å². The van der Waals surface area contributed by atoms with Crippen LogP contribution in [-0.2, 0) is 4.79 Å². The zero-order valence-electron chi connectivity index (χ0n) is 9.04. The lowest BCUT2D eigenvalue weighted by Crippen LogP contribution is -2.47. The molecule has 0 aliphatic heterocycles. The fraction of sp³-hybridized carbons (Fsp3) is 0.250. The lowest BCUT2D eigenvalue weighted by Gasteiger charge is -2.18. The van der Waals surface area contributed by atoms with Crippen molar-refractivity contribution in [3.05, 3.63) is 27.4 Å². The molecule has 0 saturated heterocycles. The molecule has 0 radical (unpaired) electrons. The fourth-order valence-electron chi connectivity index (χ4n) is 0.979. The SMILES string of the molecule is O=C(Nc1ncc(Cl)cc1[N+](=O)[O-])C(F)(F)C(F)(F)F. The third kappa shape index (κ3) is 3.10. The van der Waals surface area contributed by atoms with Crippen LogP contribution in [0, 0.1) is 10.1 Å². The van der Waals surface area contributed by atoms with Crippen molar-refractivity contribution in [2.24, 2.45) is 0 Å². The second-order valence-corrected chi connectivity index (χ2v) is 3.74. The highest BCUT2D eigenvalue weighted by Gasteiger charge is 2.63. The average Bonchev–Trinajstić information content (AvgIpc) is 2.29. The first kappa shape index (κ1) is 16.0. The van der Waals surface area contributed by atoms with E-state index in [0.29, 0.717) is 6.07 Å². The van der Waals surface area contributed by atoms with Crippen molar-refractivity contribution in [1.82, 2.24) is 4.98 Å². The second kappa shape index (κ2) is 5.15. The lowest BCUT2D eigenvalue weighted by molar-refractivity contribution is -0.384. The van der Waals surface area contributed by atoms with E-state index in [1.165, 1.54) is 0 Å². The molecule has 0 aliphatic rings. The van der Waals surface area contributed by atoms with Crippen molar-refractivity contribution >= 4 is 29.0 Å². The summed E-state index contributed by atoms with van der Waals surface area (Å²) in [7, 11) is 0. The summed E-state index contributed by atoms with van der Waals surface area (Å²) in [6.45, 7) is 0. The Morgan fingerprint density at radius 2 is 1.90 bits per heavy atom. The molecular weight excluding hydrogens is 317 g/mol. The van der Waals surface area contributed by atoms with Gasteiger partial charge in [0.15, 0.2) is 0 Å². The van der Waals surface area contributed by atoms with Crippen LogP contribution < -0.4 is 5.32 Å². The monoisotopic (exact) mass is 319 g/mol. The van der Waals surface area contributed by atoms with Gasteiger partial charge in [-0.2, -0.15) is 22.0 Å². The third-order valence-corrected chi connectivity index (χ3v) is 2.11. The number of pyridine rings is 1. The van der Waals surface area contributed by atoms with E-state index in [1.807, 2.05) is 0 Å². The number of amides is 1. The van der Waals surface area contributed by atoms with E-state index in [0.717, 1.165) is 11.5 Å². The molecule has 1 amide bonds. The summed E-state index contributed by atoms with van der Waals surface area (Å²) >= 11 is 5.35. The van der Waals surface area contributed by atoms with Gasteiger partial charge in [0, 0.05) is 12.3 Å². The minimum absolute atomic E-state index is 0.266. The Balaban J connectivity index is 3.12. The minimum Gasteiger partial charge on any atom is -0.299 e. The molecule has 1 aromatic heterocycles. The Morgan fingerprint density at radius 3 is 2.35 bits per heavy atom. The first-order valence-corrected chi connectivity index (χ1v) is 4.90. The van der Waals surface area contributed by atoms with Crippen LogP contribution in [0.3, 0.4) is 0 Å². The number of nitrogens with one attached hydrogen (secondary N) is 1. The number of hydrogen-bond acceptors (Lipinski definition) is 4. The van der Waals surface area contributed by atoms with Crippen molar-refractivity contribution in [3.8, 4) is 0 Å². The number of rotatable bonds is 3. The van der Waals surface area contributed by atoms with Crippen LogP contribution in [0.2, 0.25) is 5.02 Å². The van der Waals surface area contributed by atoms with Gasteiger partial charge in [0.05, 0.1) is 9.95 Å². The van der Waals surface area contributed by atoms with E-state index in [-0.39, 0.29) is 5.02 Å². The van der Waals surface area contributed by atoms with Crippen LogP contribution in [0.5, 0.6) is 0 Å². The zero-order valence-corrected chi connectivity index (χ0v) is 9.80. The molecule has 12 heteroatoms. The Hall–Kier alpha value is -2.04. The summed E-state index contributed by atoms with van der Waals surface area (Å²) in [6.07, 6.45) is -5.41. The highest BCUT2D eigenvalue weighted by Crippen LogP contribution is 2.37. The summed E-state index contributed by atoms with van der Waals surface area (Å²) in [4.78, 5) is 23.4. The van der Waals surface area contributed by atoms with E-state index in [2.05, 4.69) is 4.98 Å². The van der Waals surface area contributed by atoms with Crippen LogP contribution in [-0.4, -0.2) is 27.9 Å². The van der Waals surface area contributed by atoms with Crippen molar-refractivity contribution in [3.63, 3.8) is 0 Å². The lowest BCUT2D eigenvalue weighted by atomic mass is 10.3. The van der Waals surface area contributed by atoms with Gasteiger partial charge in [0.1, 0.15) is 0 Å². The number of alkyl halides is 5. The predicted octanol–water partition coefficient (Wildman–Crippen LogP) is 2.78. The number of carbonyl (C=O) groups excluding carboxylic acids is 1. The minimum atomic E-state index is -6.14. The van der Waals surface area contributed by atoms with E-state index in [9.17, 15) is 36.9 Å². The molecule has 20 heavy (non-hydrogen) atoms. The maximum Gasteiger partial charge on any atom is 0.463 e. The van der Waals surface area contributed by atoms with Crippen LogP contribution in [0.1, 0.15) is 0 Å². The number of hydrogen-bond donors (Lipinski definition) is 1. The van der Waals surface area contributed by atoms with Crippen LogP contribution >= 0.6 is 11.6 Å². The maximum absolute atomic E-state index is 12.7. The highest BCUT2D eigenvalue weighted by molar-refractivity contribution is 6.30. The van der Waals surface area contributed by atoms with Gasteiger partial charge in [-0.25, -0.2) is 4.98 Å². The molecule has 6 nitrogen and oxygen atoms in total. The summed E-state index contributed by atoms with van der Waals surface area (Å²) in [5.41, 5.74) is -1.02. The number of anilines is 1. The quantitative estimate of drug-likeness (QED) is 0.527. The second-order valence-electron chi connectivity index (χ2n) is 3.30. The van der Waals surface area contributed by atoms with Gasteiger partial charge >= 0.3 is 23.7 Å². The van der Waals surface area contributed by atoms with E-state index in [4.69, 9.17) is 11.6 Å². The maximum atomic E-state index is 12.7. The molecule has 0 aliphatic carbocycles. The molecule has 0 unspecified atom stereocenters. The van der Waals surface area contributed by atoms with E-state index >= 15 is 0 Å². The van der Waals surface area contributed by atoms with E-state index in [1.54, 1.807) is 0 Å². The molecule has 0 atom stereocenters. The molecule has 0 spiro atoms. The van der Waals surface area contributed by atoms with Crippen molar-refractivity contribution in [1.29, 1.82) is 0 Å². The smallest absolute Gasteiger partial charge is 0.299 e. The van der Waals surface area contributed by atoms with E-state index < -0.39 is 34.4 Å². The molecule has 110 valence electrons. The first-order chi connectivity index (χ1) is 8.96. The van der Waals surface area contributed by atoms with Gasteiger partial charge in [-0.3, -0.25) is 20.2 Å². The number of nitro groups is 1. The molecule has 0 fully saturated rings. The molecule has 0 bridgehead atoms. The van der Waals surface area contributed by atoms with Crippen molar-refractivity contribution < 1.29 is 31.7 Å². The molecule has 1 rings (SSSR count). The van der Waals surface area contributed by atoms with Crippen LogP contribution in [0.15, 0.2) is 12.3 Å².